The second-order valence-corrected chi connectivity index (χ2v) is 13.9. The minimum absolute atomic E-state index is 0.110. The zero-order chi connectivity index (χ0) is 38.2. The van der Waals surface area contributed by atoms with Gasteiger partial charge in [0.1, 0.15) is 0 Å². The lowest BCUT2D eigenvalue weighted by Gasteiger charge is -2.23. The standard InChI is InChI=1S/C40H70F4N2O5/c1-5-7-27-39(41,42)29-17-21-34-50-37(48)25-15-11-9-13-19-32-46(36(47)24-23-31-45(3)4)33-20-14-10-12-16-26-38(49)51-35-22-18-30-40(43,44)28-8-6-2/h17-18,29-30H,5-16,19-28,31-35H2,1-4H3/b29-17-,30-18-. The minimum atomic E-state index is -2.81. The average Bonchev–Trinajstić information content (AvgIpc) is 3.07. The largest absolute Gasteiger partial charge is 0.465 e. The molecule has 51 heavy (non-hydrogen) atoms. The lowest BCUT2D eigenvalue weighted by molar-refractivity contribution is -0.144. The van der Waals surface area contributed by atoms with Gasteiger partial charge >= 0.3 is 11.9 Å². The molecular weight excluding hydrogens is 664 g/mol. The topological polar surface area (TPSA) is 76.1 Å². The van der Waals surface area contributed by atoms with E-state index in [4.69, 9.17) is 9.47 Å². The summed E-state index contributed by atoms with van der Waals surface area (Å²) >= 11 is 0. The molecule has 0 bridgehead atoms. The maximum Gasteiger partial charge on any atom is 0.305 e. The quantitative estimate of drug-likeness (QED) is 0.0284. The van der Waals surface area contributed by atoms with Crippen molar-refractivity contribution >= 4 is 17.8 Å². The first-order valence-electron chi connectivity index (χ1n) is 19.7. The lowest BCUT2D eigenvalue weighted by atomic mass is 10.1. The van der Waals surface area contributed by atoms with Crippen molar-refractivity contribution in [1.29, 1.82) is 0 Å². The molecule has 0 fully saturated rings. The van der Waals surface area contributed by atoms with Crippen LogP contribution in [0.25, 0.3) is 0 Å². The van der Waals surface area contributed by atoms with Gasteiger partial charge in [0.15, 0.2) is 0 Å². The number of carbonyl (C=O) groups excluding carboxylic acids is 3. The summed E-state index contributed by atoms with van der Waals surface area (Å²) in [5.74, 6) is -6.03. The molecule has 0 saturated heterocycles. The van der Waals surface area contributed by atoms with Gasteiger partial charge in [-0.2, -0.15) is 0 Å². The van der Waals surface area contributed by atoms with Crippen molar-refractivity contribution in [2.75, 3.05) is 46.9 Å². The number of carbonyl (C=O) groups is 3. The summed E-state index contributed by atoms with van der Waals surface area (Å²) in [7, 11) is 3.99. The summed E-state index contributed by atoms with van der Waals surface area (Å²) in [6.07, 6.45) is 18.0. The summed E-state index contributed by atoms with van der Waals surface area (Å²) < 4.78 is 64.8. The third-order valence-corrected chi connectivity index (χ3v) is 8.51. The Bertz CT molecular complexity index is 897. The molecule has 0 atom stereocenters. The Balaban J connectivity index is 4.20. The zero-order valence-electron chi connectivity index (χ0n) is 32.3. The smallest absolute Gasteiger partial charge is 0.305 e. The molecule has 11 heteroatoms. The van der Waals surface area contributed by atoms with Crippen molar-refractivity contribution in [1.82, 2.24) is 9.80 Å². The summed E-state index contributed by atoms with van der Waals surface area (Å²) in [4.78, 5) is 40.9. The van der Waals surface area contributed by atoms with E-state index < -0.39 is 11.8 Å². The van der Waals surface area contributed by atoms with Gasteiger partial charge < -0.3 is 19.3 Å². The highest BCUT2D eigenvalue weighted by atomic mass is 19.3. The Morgan fingerprint density at radius 2 is 0.961 bits per heavy atom. The van der Waals surface area contributed by atoms with E-state index in [0.29, 0.717) is 58.0 Å². The minimum Gasteiger partial charge on any atom is -0.465 e. The predicted molar refractivity (Wildman–Crippen MR) is 198 cm³/mol. The van der Waals surface area contributed by atoms with Crippen molar-refractivity contribution in [2.24, 2.45) is 0 Å². The molecule has 0 aromatic carbocycles. The Hall–Kier alpha value is -2.43. The van der Waals surface area contributed by atoms with Crippen LogP contribution in [0.15, 0.2) is 24.3 Å². The van der Waals surface area contributed by atoms with Gasteiger partial charge in [-0.1, -0.05) is 77.4 Å². The first-order chi connectivity index (χ1) is 24.3. The van der Waals surface area contributed by atoms with E-state index in [-0.39, 0.29) is 56.7 Å². The molecule has 1 amide bonds. The fourth-order valence-electron chi connectivity index (χ4n) is 5.40. The van der Waals surface area contributed by atoms with Gasteiger partial charge in [-0.25, -0.2) is 17.6 Å². The molecule has 0 N–H and O–H groups in total. The number of halogens is 4. The number of esters is 2. The number of alkyl halides is 4. The fraction of sp³-hybridized carbons (Fsp3) is 0.825. The number of ether oxygens (including phenoxy) is 2. The van der Waals surface area contributed by atoms with Crippen molar-refractivity contribution in [3.05, 3.63) is 24.3 Å². The van der Waals surface area contributed by atoms with Crippen LogP contribution in [0.3, 0.4) is 0 Å². The van der Waals surface area contributed by atoms with Crippen LogP contribution < -0.4 is 0 Å². The molecule has 0 unspecified atom stereocenters. The molecule has 0 aliphatic heterocycles. The van der Waals surface area contributed by atoms with Crippen LogP contribution in [0.2, 0.25) is 0 Å². The number of unbranched alkanes of at least 4 members (excludes halogenated alkanes) is 10. The van der Waals surface area contributed by atoms with E-state index in [2.05, 4.69) is 4.90 Å². The predicted octanol–water partition coefficient (Wildman–Crippen LogP) is 10.5. The third-order valence-electron chi connectivity index (χ3n) is 8.51. The first kappa shape index (κ1) is 48.6. The van der Waals surface area contributed by atoms with Gasteiger partial charge in [0.25, 0.3) is 11.8 Å². The maximum absolute atomic E-state index is 13.6. The molecule has 0 aliphatic rings. The van der Waals surface area contributed by atoms with E-state index in [1.54, 1.807) is 0 Å². The van der Waals surface area contributed by atoms with Gasteiger partial charge in [0.05, 0.1) is 13.2 Å². The number of hydrogen-bond donors (Lipinski definition) is 0. The molecule has 0 aromatic heterocycles. The van der Waals surface area contributed by atoms with Crippen LogP contribution in [0.4, 0.5) is 17.6 Å². The van der Waals surface area contributed by atoms with Gasteiger partial charge in [-0.05, 0) is 90.6 Å². The Labute approximate surface area is 306 Å². The molecule has 7 nitrogen and oxygen atoms in total. The Kier molecular flexibility index (Phi) is 29.6. The highest BCUT2D eigenvalue weighted by Gasteiger charge is 2.24. The normalized spacial score (nSPS) is 12.3. The van der Waals surface area contributed by atoms with Crippen molar-refractivity contribution in [3.8, 4) is 0 Å². The van der Waals surface area contributed by atoms with Crippen LogP contribution in [0, 0.1) is 0 Å². The van der Waals surface area contributed by atoms with Gasteiger partial charge in [-0.15, -0.1) is 0 Å². The van der Waals surface area contributed by atoms with Gasteiger partial charge in [-0.3, -0.25) is 14.4 Å². The second-order valence-electron chi connectivity index (χ2n) is 13.9. The summed E-state index contributed by atoms with van der Waals surface area (Å²) in [6, 6.07) is 0. The third kappa shape index (κ3) is 32.0. The van der Waals surface area contributed by atoms with E-state index in [9.17, 15) is 31.9 Å². The lowest BCUT2D eigenvalue weighted by Crippen LogP contribution is -2.33. The van der Waals surface area contributed by atoms with Crippen molar-refractivity contribution in [2.45, 2.75) is 167 Å². The Morgan fingerprint density at radius 1 is 0.549 bits per heavy atom. The van der Waals surface area contributed by atoms with E-state index >= 15 is 0 Å². The molecule has 0 heterocycles. The van der Waals surface area contributed by atoms with Crippen molar-refractivity contribution in [3.63, 3.8) is 0 Å². The molecular formula is C40H70F4N2O5. The highest BCUT2D eigenvalue weighted by molar-refractivity contribution is 5.76. The van der Waals surface area contributed by atoms with Crippen LogP contribution in [0.1, 0.15) is 155 Å². The van der Waals surface area contributed by atoms with E-state index in [1.807, 2.05) is 32.8 Å². The Morgan fingerprint density at radius 3 is 1.37 bits per heavy atom. The summed E-state index contributed by atoms with van der Waals surface area (Å²) in [5, 5.41) is 0. The van der Waals surface area contributed by atoms with Crippen LogP contribution in [-0.2, 0) is 23.9 Å². The van der Waals surface area contributed by atoms with Gasteiger partial charge in [0.2, 0.25) is 5.91 Å². The first-order valence-corrected chi connectivity index (χ1v) is 19.7. The SMILES string of the molecule is CCCCC(F)(F)/C=C\CCOC(=O)CCCCCCCN(CCCCCCCC(=O)OCC/C=C\C(F)(F)CCCC)C(=O)CCCN(C)C. The molecule has 0 radical (unpaired) electrons. The van der Waals surface area contributed by atoms with E-state index in [0.717, 1.165) is 89.3 Å². The average molecular weight is 735 g/mol. The molecule has 0 aromatic rings. The number of amides is 1. The number of nitrogens with zero attached hydrogens (tertiary/aromatic N) is 2. The molecule has 0 rings (SSSR count). The maximum atomic E-state index is 13.6. The summed E-state index contributed by atoms with van der Waals surface area (Å²) in [5.41, 5.74) is 0. The fourth-order valence-corrected chi connectivity index (χ4v) is 5.40. The molecule has 0 spiro atoms. The van der Waals surface area contributed by atoms with Crippen molar-refractivity contribution < 1.29 is 41.4 Å². The molecule has 0 saturated carbocycles. The van der Waals surface area contributed by atoms with Crippen LogP contribution >= 0.6 is 0 Å². The van der Waals surface area contributed by atoms with Crippen LogP contribution in [0.5, 0.6) is 0 Å². The molecule has 298 valence electrons. The second kappa shape index (κ2) is 31.1. The monoisotopic (exact) mass is 735 g/mol. The number of hydrogen-bond acceptors (Lipinski definition) is 6. The van der Waals surface area contributed by atoms with E-state index in [1.165, 1.54) is 12.2 Å². The van der Waals surface area contributed by atoms with Crippen LogP contribution in [-0.4, -0.2) is 86.4 Å². The number of allylic oxidation sites excluding steroid dienone is 2. The number of rotatable bonds is 34. The zero-order valence-corrected chi connectivity index (χ0v) is 32.3. The highest BCUT2D eigenvalue weighted by Crippen LogP contribution is 2.24. The summed E-state index contributed by atoms with van der Waals surface area (Å²) in [6.45, 7) is 6.26. The molecule has 0 aliphatic carbocycles. The van der Waals surface area contributed by atoms with Gasteiger partial charge in [0, 0.05) is 45.2 Å².